The SMILES string of the molecule is CCC1CN(c2ncc(-c3ncc[nH]3)cc2Cl)CCN1C1CCN(C(=O)c2ccc(N3CCCCCC3=O)cc2)CC1. The molecule has 1 aromatic carbocycles. The van der Waals surface area contributed by atoms with Gasteiger partial charge >= 0.3 is 0 Å². The van der Waals surface area contributed by atoms with E-state index < -0.39 is 0 Å². The van der Waals surface area contributed by atoms with Crippen LogP contribution in [0.15, 0.2) is 48.9 Å². The fraction of sp³-hybridized carbons (Fsp3) is 0.500. The van der Waals surface area contributed by atoms with Crippen molar-refractivity contribution in [3.63, 3.8) is 0 Å². The number of hydrogen-bond donors (Lipinski definition) is 1. The molecule has 1 N–H and O–H groups in total. The topological polar surface area (TPSA) is 88.7 Å². The monoisotopic (exact) mass is 589 g/mol. The van der Waals surface area contributed by atoms with Crippen LogP contribution in [0.3, 0.4) is 0 Å². The van der Waals surface area contributed by atoms with Crippen molar-refractivity contribution in [1.82, 2.24) is 24.8 Å². The number of amides is 2. The molecule has 0 radical (unpaired) electrons. The number of anilines is 2. The normalized spacial score (nSPS) is 21.0. The smallest absolute Gasteiger partial charge is 0.253 e. The lowest BCUT2D eigenvalue weighted by molar-refractivity contribution is -0.118. The molecule has 222 valence electrons. The Morgan fingerprint density at radius 1 is 1.02 bits per heavy atom. The van der Waals surface area contributed by atoms with Crippen molar-refractivity contribution < 1.29 is 9.59 Å². The summed E-state index contributed by atoms with van der Waals surface area (Å²) in [5, 5.41) is 0.644. The highest BCUT2D eigenvalue weighted by Crippen LogP contribution is 2.31. The molecule has 3 aliphatic heterocycles. The van der Waals surface area contributed by atoms with E-state index in [2.05, 4.69) is 26.7 Å². The Balaban J connectivity index is 1.04. The quantitative estimate of drug-likeness (QED) is 0.423. The lowest BCUT2D eigenvalue weighted by Crippen LogP contribution is -2.58. The maximum absolute atomic E-state index is 13.3. The van der Waals surface area contributed by atoms with Gasteiger partial charge in [-0.2, -0.15) is 0 Å². The molecule has 3 fully saturated rings. The molecule has 42 heavy (non-hydrogen) atoms. The van der Waals surface area contributed by atoms with Crippen LogP contribution in [0.2, 0.25) is 5.02 Å². The number of rotatable bonds is 6. The maximum atomic E-state index is 13.3. The fourth-order valence-corrected chi connectivity index (χ4v) is 7.03. The first-order valence-corrected chi connectivity index (χ1v) is 15.8. The van der Waals surface area contributed by atoms with E-state index in [0.717, 1.165) is 101 Å². The Bertz CT molecular complexity index is 1370. The molecule has 2 amide bonds. The van der Waals surface area contributed by atoms with Crippen LogP contribution in [0.5, 0.6) is 0 Å². The minimum Gasteiger partial charge on any atom is -0.353 e. The van der Waals surface area contributed by atoms with Gasteiger partial charge in [0.05, 0.1) is 5.02 Å². The highest BCUT2D eigenvalue weighted by Gasteiger charge is 2.35. The number of piperidine rings is 1. The largest absolute Gasteiger partial charge is 0.353 e. The molecule has 1 unspecified atom stereocenters. The number of benzene rings is 1. The van der Waals surface area contributed by atoms with E-state index >= 15 is 0 Å². The van der Waals surface area contributed by atoms with Gasteiger partial charge in [0.25, 0.3) is 5.91 Å². The van der Waals surface area contributed by atoms with Crippen LogP contribution in [0.4, 0.5) is 11.5 Å². The van der Waals surface area contributed by atoms with Crippen LogP contribution in [0, 0.1) is 0 Å². The zero-order valence-corrected chi connectivity index (χ0v) is 25.1. The predicted molar refractivity (Wildman–Crippen MR) is 166 cm³/mol. The van der Waals surface area contributed by atoms with Gasteiger partial charge in [0, 0.05) is 93.2 Å². The van der Waals surface area contributed by atoms with Crippen molar-refractivity contribution in [1.29, 1.82) is 0 Å². The molecule has 0 saturated carbocycles. The number of nitrogens with one attached hydrogen (secondary N) is 1. The van der Waals surface area contributed by atoms with E-state index in [4.69, 9.17) is 16.6 Å². The molecular formula is C32H40ClN7O2. The molecule has 3 saturated heterocycles. The van der Waals surface area contributed by atoms with Gasteiger partial charge in [-0.25, -0.2) is 9.97 Å². The number of pyridine rings is 1. The number of piperazine rings is 1. The number of aromatic amines is 1. The summed E-state index contributed by atoms with van der Waals surface area (Å²) in [5.74, 6) is 1.86. The van der Waals surface area contributed by atoms with Crippen molar-refractivity contribution in [3.8, 4) is 11.4 Å². The molecule has 0 aliphatic carbocycles. The zero-order chi connectivity index (χ0) is 29.1. The third kappa shape index (κ3) is 6.03. The second-order valence-corrected chi connectivity index (χ2v) is 12.0. The highest BCUT2D eigenvalue weighted by atomic mass is 35.5. The third-order valence-electron chi connectivity index (χ3n) is 9.11. The average molecular weight is 590 g/mol. The standard InChI is InChI=1S/C32H40ClN7O2/c1-2-25-22-38(31-28(33)20-24(21-36-31)30-34-13-14-35-30)18-19-39(25)27-11-16-37(17-12-27)32(42)23-7-9-26(10-8-23)40-15-5-3-4-6-29(40)41/h7-10,13-14,20-21,25,27H,2-6,11-12,15-19,22H2,1H3,(H,34,35). The second kappa shape index (κ2) is 12.8. The summed E-state index contributed by atoms with van der Waals surface area (Å²) in [6.45, 7) is 7.22. The van der Waals surface area contributed by atoms with E-state index in [-0.39, 0.29) is 11.8 Å². The molecule has 6 rings (SSSR count). The van der Waals surface area contributed by atoms with Gasteiger partial charge in [-0.1, -0.05) is 24.9 Å². The van der Waals surface area contributed by atoms with Gasteiger partial charge in [0.2, 0.25) is 5.91 Å². The summed E-state index contributed by atoms with van der Waals surface area (Å²) < 4.78 is 0. The number of H-pyrrole nitrogens is 1. The van der Waals surface area contributed by atoms with E-state index in [0.29, 0.717) is 29.1 Å². The molecule has 9 nitrogen and oxygen atoms in total. The second-order valence-electron chi connectivity index (χ2n) is 11.6. The summed E-state index contributed by atoms with van der Waals surface area (Å²) in [5.41, 5.74) is 2.47. The molecular weight excluding hydrogens is 550 g/mol. The summed E-state index contributed by atoms with van der Waals surface area (Å²) >= 11 is 6.70. The number of carbonyl (C=O) groups excluding carboxylic acids is 2. The molecule has 2 aromatic heterocycles. The molecule has 1 atom stereocenters. The highest BCUT2D eigenvalue weighted by molar-refractivity contribution is 6.33. The van der Waals surface area contributed by atoms with Crippen LogP contribution in [0.1, 0.15) is 62.2 Å². The van der Waals surface area contributed by atoms with Gasteiger partial charge in [0.15, 0.2) is 0 Å². The maximum Gasteiger partial charge on any atom is 0.253 e. The van der Waals surface area contributed by atoms with E-state index in [1.54, 1.807) is 12.4 Å². The van der Waals surface area contributed by atoms with Crippen molar-refractivity contribution in [2.24, 2.45) is 0 Å². The lowest BCUT2D eigenvalue weighted by Gasteiger charge is -2.47. The number of likely N-dealkylation sites (tertiary alicyclic amines) is 1. The Morgan fingerprint density at radius 2 is 1.83 bits per heavy atom. The Kier molecular flexibility index (Phi) is 8.76. The van der Waals surface area contributed by atoms with Crippen molar-refractivity contribution >= 4 is 34.9 Å². The summed E-state index contributed by atoms with van der Waals surface area (Å²) in [6, 6.07) is 10.4. The van der Waals surface area contributed by atoms with Gasteiger partial charge < -0.3 is 19.7 Å². The van der Waals surface area contributed by atoms with Crippen LogP contribution < -0.4 is 9.80 Å². The Morgan fingerprint density at radius 3 is 2.55 bits per heavy atom. The first-order valence-electron chi connectivity index (χ1n) is 15.4. The average Bonchev–Trinajstić information content (AvgIpc) is 3.49. The number of imidazole rings is 1. The third-order valence-corrected chi connectivity index (χ3v) is 9.39. The number of hydrogen-bond acceptors (Lipinski definition) is 6. The van der Waals surface area contributed by atoms with Crippen LogP contribution >= 0.6 is 11.6 Å². The van der Waals surface area contributed by atoms with E-state index in [1.807, 2.05) is 46.3 Å². The van der Waals surface area contributed by atoms with Crippen LogP contribution in [-0.4, -0.2) is 87.9 Å². The predicted octanol–water partition coefficient (Wildman–Crippen LogP) is 5.24. The molecule has 0 spiro atoms. The lowest BCUT2D eigenvalue weighted by atomic mass is 9.97. The van der Waals surface area contributed by atoms with Crippen molar-refractivity contribution in [3.05, 3.63) is 59.5 Å². The van der Waals surface area contributed by atoms with Crippen LogP contribution in [-0.2, 0) is 4.79 Å². The van der Waals surface area contributed by atoms with E-state index in [9.17, 15) is 9.59 Å². The molecule has 3 aliphatic rings. The Labute approximate surface area is 252 Å². The zero-order valence-electron chi connectivity index (χ0n) is 24.3. The number of aromatic nitrogens is 3. The minimum atomic E-state index is 0.0813. The molecule has 3 aromatic rings. The van der Waals surface area contributed by atoms with E-state index in [1.165, 1.54) is 0 Å². The first-order chi connectivity index (χ1) is 20.5. The van der Waals surface area contributed by atoms with Crippen LogP contribution in [0.25, 0.3) is 11.4 Å². The molecule has 5 heterocycles. The van der Waals surface area contributed by atoms with Gasteiger partial charge in [-0.15, -0.1) is 0 Å². The van der Waals surface area contributed by atoms with Gasteiger partial charge in [-0.05, 0) is 62.4 Å². The number of nitrogens with zero attached hydrogens (tertiary/aromatic N) is 6. The molecule has 10 heteroatoms. The first kappa shape index (κ1) is 28.7. The van der Waals surface area contributed by atoms with Crippen molar-refractivity contribution in [2.45, 2.75) is 64.0 Å². The number of carbonyl (C=O) groups is 2. The summed E-state index contributed by atoms with van der Waals surface area (Å²) in [6.07, 6.45) is 12.0. The number of halogens is 1. The molecule has 0 bridgehead atoms. The van der Waals surface area contributed by atoms with Gasteiger partial charge in [-0.3, -0.25) is 14.5 Å². The summed E-state index contributed by atoms with van der Waals surface area (Å²) in [4.78, 5) is 46.8. The van der Waals surface area contributed by atoms with Crippen molar-refractivity contribution in [2.75, 3.05) is 49.1 Å². The van der Waals surface area contributed by atoms with Gasteiger partial charge in [0.1, 0.15) is 11.6 Å². The summed E-state index contributed by atoms with van der Waals surface area (Å²) in [7, 11) is 0. The Hall–Kier alpha value is -3.43. The fourth-order valence-electron chi connectivity index (χ4n) is 6.74. The minimum absolute atomic E-state index is 0.0813.